The van der Waals surface area contributed by atoms with Crippen LogP contribution in [0.2, 0.25) is 0 Å². The molecule has 4 rings (SSSR count). The van der Waals surface area contributed by atoms with Crippen LogP contribution >= 0.6 is 0 Å². The van der Waals surface area contributed by atoms with E-state index in [4.69, 9.17) is 0 Å². The third-order valence-corrected chi connectivity index (χ3v) is 4.07. The summed E-state index contributed by atoms with van der Waals surface area (Å²) in [5.74, 6) is 2.69. The molecule has 1 radical (unpaired) electrons. The van der Waals surface area contributed by atoms with Gasteiger partial charge in [0.05, 0.1) is 0 Å². The van der Waals surface area contributed by atoms with Crippen LogP contribution in [0.5, 0.6) is 0 Å². The van der Waals surface area contributed by atoms with Gasteiger partial charge >= 0.3 is 0 Å². The number of hydrogen-bond donors (Lipinski definition) is 0. The lowest BCUT2D eigenvalue weighted by Gasteiger charge is -2.57. The summed E-state index contributed by atoms with van der Waals surface area (Å²) in [5.41, 5.74) is 3.82. The molecule has 0 aliphatic heterocycles. The Hall–Kier alpha value is -0.520. The molecule has 3 saturated carbocycles. The molecule has 0 aromatic heterocycles. The fourth-order valence-electron chi connectivity index (χ4n) is 3.00. The van der Waals surface area contributed by atoms with Crippen LogP contribution in [0, 0.1) is 17.3 Å². The fourth-order valence-corrected chi connectivity index (χ4v) is 3.00. The topological polar surface area (TPSA) is 0 Å². The minimum Gasteiger partial charge on any atom is -0.0772 e. The van der Waals surface area contributed by atoms with Gasteiger partial charge in [0, 0.05) is 5.92 Å². The number of rotatable bonds is 0. The van der Waals surface area contributed by atoms with Crippen LogP contribution in [-0.2, 0) is 0 Å². The maximum atomic E-state index is 2.42. The summed E-state index contributed by atoms with van der Waals surface area (Å²) in [6, 6.07) is 0. The van der Waals surface area contributed by atoms with E-state index in [1.807, 2.05) is 0 Å². The zero-order chi connectivity index (χ0) is 8.34. The molecule has 0 heterocycles. The van der Waals surface area contributed by atoms with E-state index in [2.05, 4.69) is 26.0 Å². The molecule has 4 aliphatic rings. The van der Waals surface area contributed by atoms with Crippen LogP contribution in [0.15, 0.2) is 23.3 Å². The predicted molar refractivity (Wildman–Crippen MR) is 50.5 cm³/mol. The van der Waals surface area contributed by atoms with E-state index in [1.54, 1.807) is 17.1 Å². The Balaban J connectivity index is 2.04. The molecule has 63 valence electrons. The SMILES string of the molecule is CC1(C)[C]2CC1CC1=CCC=C21. The van der Waals surface area contributed by atoms with E-state index in [1.165, 1.54) is 19.3 Å². The lowest BCUT2D eigenvalue weighted by molar-refractivity contribution is 0.106. The Kier molecular flexibility index (Phi) is 1.08. The van der Waals surface area contributed by atoms with Crippen LogP contribution in [0.4, 0.5) is 0 Å². The van der Waals surface area contributed by atoms with E-state index in [0.29, 0.717) is 5.41 Å². The molecule has 0 aromatic carbocycles. The third-order valence-electron chi connectivity index (χ3n) is 4.07. The number of allylic oxidation sites excluding steroid dienone is 4. The number of hydrogen-bond acceptors (Lipinski definition) is 0. The monoisotopic (exact) mass is 159 g/mol. The van der Waals surface area contributed by atoms with Gasteiger partial charge in [0.15, 0.2) is 0 Å². The Bertz CT molecular complexity index is 291. The minimum absolute atomic E-state index is 0.535. The molecule has 1 atom stereocenters. The van der Waals surface area contributed by atoms with E-state index >= 15 is 0 Å². The maximum absolute atomic E-state index is 2.42. The molecule has 0 N–H and O–H groups in total. The molecule has 3 fully saturated rings. The highest BCUT2D eigenvalue weighted by atomic mass is 14.6. The molecule has 12 heavy (non-hydrogen) atoms. The minimum atomic E-state index is 0.535. The molecule has 4 aliphatic carbocycles. The Morgan fingerprint density at radius 1 is 1.25 bits per heavy atom. The summed E-state index contributed by atoms with van der Waals surface area (Å²) in [7, 11) is 0. The highest BCUT2D eigenvalue weighted by Crippen LogP contribution is 2.65. The van der Waals surface area contributed by atoms with Crippen LogP contribution in [-0.4, -0.2) is 0 Å². The van der Waals surface area contributed by atoms with E-state index < -0.39 is 0 Å². The standard InChI is InChI=1S/C12H15/c1-12(2)9-6-8-4-3-5-10(8)11(12)7-9/h4-5,9H,3,6-7H2,1-2H3. The summed E-state index contributed by atoms with van der Waals surface area (Å²) in [6.45, 7) is 4.82. The van der Waals surface area contributed by atoms with Crippen LogP contribution in [0.3, 0.4) is 0 Å². The largest absolute Gasteiger partial charge is 0.0772 e. The summed E-state index contributed by atoms with van der Waals surface area (Å²) in [5, 5.41) is 0. The molecule has 0 saturated heterocycles. The molecule has 0 nitrogen and oxygen atoms in total. The lowest BCUT2D eigenvalue weighted by Crippen LogP contribution is -2.47. The van der Waals surface area contributed by atoms with Gasteiger partial charge in [-0.05, 0) is 41.7 Å². The highest BCUT2D eigenvalue weighted by Gasteiger charge is 2.54. The fraction of sp³-hybridized carbons (Fsp3) is 0.583. The van der Waals surface area contributed by atoms with Crippen molar-refractivity contribution in [2.75, 3.05) is 0 Å². The van der Waals surface area contributed by atoms with Crippen molar-refractivity contribution < 1.29 is 0 Å². The van der Waals surface area contributed by atoms with Crippen LogP contribution in [0.1, 0.15) is 33.1 Å². The van der Waals surface area contributed by atoms with E-state index in [-0.39, 0.29) is 0 Å². The van der Waals surface area contributed by atoms with Crippen molar-refractivity contribution in [2.24, 2.45) is 11.3 Å². The molecule has 0 spiro atoms. The van der Waals surface area contributed by atoms with Crippen molar-refractivity contribution in [1.82, 2.24) is 0 Å². The van der Waals surface area contributed by atoms with Crippen LogP contribution in [0.25, 0.3) is 0 Å². The van der Waals surface area contributed by atoms with Crippen LogP contribution < -0.4 is 0 Å². The van der Waals surface area contributed by atoms with Crippen molar-refractivity contribution in [3.63, 3.8) is 0 Å². The Labute approximate surface area is 74.4 Å². The smallest absolute Gasteiger partial charge is 0.0111 e. The van der Waals surface area contributed by atoms with Gasteiger partial charge in [-0.1, -0.05) is 26.0 Å². The third kappa shape index (κ3) is 0.608. The average molecular weight is 159 g/mol. The van der Waals surface area contributed by atoms with Crippen molar-refractivity contribution in [3.05, 3.63) is 29.2 Å². The van der Waals surface area contributed by atoms with Crippen molar-refractivity contribution in [1.29, 1.82) is 0 Å². The normalized spacial score (nSPS) is 36.7. The first-order valence-electron chi connectivity index (χ1n) is 4.96. The second kappa shape index (κ2) is 1.86. The molecular formula is C12H15. The zero-order valence-electron chi connectivity index (χ0n) is 7.85. The molecule has 0 amide bonds. The summed E-state index contributed by atoms with van der Waals surface area (Å²) < 4.78 is 0. The Morgan fingerprint density at radius 3 is 2.83 bits per heavy atom. The first-order chi connectivity index (χ1) is 5.69. The summed E-state index contributed by atoms with van der Waals surface area (Å²) in [4.78, 5) is 0. The molecule has 1 unspecified atom stereocenters. The second-order valence-corrected chi connectivity index (χ2v) is 4.89. The first-order valence-corrected chi connectivity index (χ1v) is 4.96. The van der Waals surface area contributed by atoms with Gasteiger partial charge in [0.25, 0.3) is 0 Å². The van der Waals surface area contributed by atoms with Gasteiger partial charge in [-0.15, -0.1) is 0 Å². The van der Waals surface area contributed by atoms with Crippen molar-refractivity contribution >= 4 is 0 Å². The van der Waals surface area contributed by atoms with E-state index in [9.17, 15) is 0 Å². The molecular weight excluding hydrogens is 144 g/mol. The van der Waals surface area contributed by atoms with Gasteiger partial charge < -0.3 is 0 Å². The van der Waals surface area contributed by atoms with Gasteiger partial charge in [-0.2, -0.15) is 0 Å². The molecule has 0 heteroatoms. The quantitative estimate of drug-likeness (QED) is 0.509. The molecule has 2 bridgehead atoms. The zero-order valence-corrected chi connectivity index (χ0v) is 7.85. The van der Waals surface area contributed by atoms with Gasteiger partial charge in [0.2, 0.25) is 0 Å². The Morgan fingerprint density at radius 2 is 2.08 bits per heavy atom. The van der Waals surface area contributed by atoms with Crippen molar-refractivity contribution in [2.45, 2.75) is 33.1 Å². The van der Waals surface area contributed by atoms with E-state index in [0.717, 1.165) is 5.92 Å². The average Bonchev–Trinajstić information content (AvgIpc) is 2.49. The highest BCUT2D eigenvalue weighted by molar-refractivity contribution is 5.56. The van der Waals surface area contributed by atoms with Crippen molar-refractivity contribution in [3.8, 4) is 0 Å². The van der Waals surface area contributed by atoms with Gasteiger partial charge in [0.1, 0.15) is 0 Å². The summed E-state index contributed by atoms with van der Waals surface area (Å²) >= 11 is 0. The lowest BCUT2D eigenvalue weighted by atomic mass is 9.47. The maximum Gasteiger partial charge on any atom is 0.0111 e. The summed E-state index contributed by atoms with van der Waals surface area (Å²) in [6.07, 6.45) is 8.76. The first kappa shape index (κ1) is 6.94. The van der Waals surface area contributed by atoms with Gasteiger partial charge in [-0.3, -0.25) is 0 Å². The van der Waals surface area contributed by atoms with Gasteiger partial charge in [-0.25, -0.2) is 0 Å². The predicted octanol–water partition coefficient (Wildman–Crippen LogP) is 3.27. The molecule has 0 aromatic rings. The second-order valence-electron chi connectivity index (χ2n) is 4.89.